The van der Waals surface area contributed by atoms with Crippen LogP contribution in [0.15, 0.2) is 0 Å². The lowest BCUT2D eigenvalue weighted by Gasteiger charge is -2.40. The highest BCUT2D eigenvalue weighted by atomic mass is 16.5. The molecule has 102 valence electrons. The van der Waals surface area contributed by atoms with Gasteiger partial charge in [0.25, 0.3) is 0 Å². The monoisotopic (exact) mass is 241 g/mol. The van der Waals surface area contributed by atoms with Crippen LogP contribution in [0.2, 0.25) is 0 Å². The third kappa shape index (κ3) is 4.97. The Morgan fingerprint density at radius 3 is 2.41 bits per heavy atom. The molecule has 2 heteroatoms. The summed E-state index contributed by atoms with van der Waals surface area (Å²) in [6, 6.07) is 0. The van der Waals surface area contributed by atoms with Crippen molar-refractivity contribution in [3.63, 3.8) is 0 Å². The molecule has 17 heavy (non-hydrogen) atoms. The molecular weight excluding hydrogens is 210 g/mol. The number of ether oxygens (including phenoxy) is 1. The molecule has 1 aliphatic rings. The van der Waals surface area contributed by atoms with Gasteiger partial charge in [-0.25, -0.2) is 0 Å². The quantitative estimate of drug-likeness (QED) is 0.653. The first-order valence-corrected chi connectivity index (χ1v) is 7.55. The largest absolute Gasteiger partial charge is 0.374 e. The highest BCUT2D eigenvalue weighted by molar-refractivity contribution is 4.89. The second-order valence-corrected chi connectivity index (χ2v) is 5.65. The highest BCUT2D eigenvalue weighted by Gasteiger charge is 2.35. The molecule has 1 fully saturated rings. The maximum atomic E-state index is 6.22. The number of likely N-dealkylation sites (N-methyl/N-ethyl adjacent to an activating group) is 1. The van der Waals surface area contributed by atoms with Gasteiger partial charge in [-0.05, 0) is 45.1 Å². The molecule has 0 aromatic rings. The predicted molar refractivity (Wildman–Crippen MR) is 74.4 cm³/mol. The summed E-state index contributed by atoms with van der Waals surface area (Å²) in [4.78, 5) is 0. The molecule has 0 heterocycles. The summed E-state index contributed by atoms with van der Waals surface area (Å²) in [5.74, 6) is 0.958. The van der Waals surface area contributed by atoms with Crippen LogP contribution in [-0.4, -0.2) is 25.8 Å². The van der Waals surface area contributed by atoms with Crippen LogP contribution < -0.4 is 5.32 Å². The molecular formula is C15H31NO. The van der Waals surface area contributed by atoms with Gasteiger partial charge in [-0.3, -0.25) is 0 Å². The van der Waals surface area contributed by atoms with E-state index in [9.17, 15) is 0 Å². The predicted octanol–water partition coefficient (Wildman–Crippen LogP) is 3.75. The molecule has 0 bridgehead atoms. The van der Waals surface area contributed by atoms with E-state index in [1.54, 1.807) is 0 Å². The molecule has 1 rings (SSSR count). The Morgan fingerprint density at radius 2 is 1.88 bits per heavy atom. The molecule has 0 radical (unpaired) electrons. The second-order valence-electron chi connectivity index (χ2n) is 5.65. The van der Waals surface area contributed by atoms with Gasteiger partial charge in [0.1, 0.15) is 0 Å². The minimum absolute atomic E-state index is 0.147. The lowest BCUT2D eigenvalue weighted by Crippen LogP contribution is -2.45. The van der Waals surface area contributed by atoms with Crippen molar-refractivity contribution >= 4 is 0 Å². The van der Waals surface area contributed by atoms with Gasteiger partial charge in [-0.15, -0.1) is 0 Å². The van der Waals surface area contributed by atoms with Crippen molar-refractivity contribution in [3.05, 3.63) is 0 Å². The van der Waals surface area contributed by atoms with E-state index in [2.05, 4.69) is 19.2 Å². The summed E-state index contributed by atoms with van der Waals surface area (Å²) in [6.07, 6.45) is 10.4. The zero-order chi connectivity index (χ0) is 12.6. The van der Waals surface area contributed by atoms with Crippen molar-refractivity contribution in [1.29, 1.82) is 0 Å². The van der Waals surface area contributed by atoms with Gasteiger partial charge >= 0.3 is 0 Å². The maximum Gasteiger partial charge on any atom is 0.0806 e. The van der Waals surface area contributed by atoms with Crippen LogP contribution in [0.1, 0.15) is 65.2 Å². The van der Waals surface area contributed by atoms with Crippen molar-refractivity contribution in [2.24, 2.45) is 5.92 Å². The molecule has 0 aromatic heterocycles. The van der Waals surface area contributed by atoms with Crippen LogP contribution in [0.4, 0.5) is 0 Å². The van der Waals surface area contributed by atoms with E-state index in [-0.39, 0.29) is 5.60 Å². The molecule has 0 aliphatic heterocycles. The van der Waals surface area contributed by atoms with Crippen LogP contribution in [0.25, 0.3) is 0 Å². The van der Waals surface area contributed by atoms with E-state index in [1.807, 2.05) is 7.05 Å². The average Bonchev–Trinajstić information content (AvgIpc) is 2.33. The molecule has 0 amide bonds. The first-order chi connectivity index (χ1) is 8.26. The maximum absolute atomic E-state index is 6.22. The third-order valence-corrected chi connectivity index (χ3v) is 4.12. The van der Waals surface area contributed by atoms with Crippen molar-refractivity contribution in [2.75, 3.05) is 20.2 Å². The van der Waals surface area contributed by atoms with Gasteiger partial charge in [0.2, 0.25) is 0 Å². The summed E-state index contributed by atoms with van der Waals surface area (Å²) in [5, 5.41) is 3.33. The van der Waals surface area contributed by atoms with Gasteiger partial charge in [-0.1, -0.05) is 33.1 Å². The number of unbranched alkanes of at least 4 members (excludes halogenated alkanes) is 1. The van der Waals surface area contributed by atoms with Crippen LogP contribution in [-0.2, 0) is 4.74 Å². The van der Waals surface area contributed by atoms with Gasteiger partial charge in [0.15, 0.2) is 0 Å². The van der Waals surface area contributed by atoms with Crippen molar-refractivity contribution in [1.82, 2.24) is 5.32 Å². The molecule has 0 atom stereocenters. The van der Waals surface area contributed by atoms with Crippen LogP contribution in [0.5, 0.6) is 0 Å². The van der Waals surface area contributed by atoms with Gasteiger partial charge < -0.3 is 10.1 Å². The van der Waals surface area contributed by atoms with Crippen LogP contribution in [0, 0.1) is 5.92 Å². The summed E-state index contributed by atoms with van der Waals surface area (Å²) in [6.45, 7) is 6.49. The number of hydrogen-bond acceptors (Lipinski definition) is 2. The van der Waals surface area contributed by atoms with Crippen LogP contribution >= 0.6 is 0 Å². The molecule has 1 N–H and O–H groups in total. The molecule has 2 nitrogen and oxygen atoms in total. The van der Waals surface area contributed by atoms with E-state index < -0.39 is 0 Å². The number of hydrogen-bond donors (Lipinski definition) is 1. The zero-order valence-corrected chi connectivity index (χ0v) is 12.1. The Hall–Kier alpha value is -0.0800. The van der Waals surface area contributed by atoms with E-state index in [0.29, 0.717) is 0 Å². The fraction of sp³-hybridized carbons (Fsp3) is 1.00. The summed E-state index contributed by atoms with van der Waals surface area (Å²) < 4.78 is 6.22. The van der Waals surface area contributed by atoms with Crippen molar-refractivity contribution in [2.45, 2.75) is 70.8 Å². The fourth-order valence-electron chi connectivity index (χ4n) is 3.03. The number of nitrogens with one attached hydrogen (secondary N) is 1. The SMILES string of the molecule is CCCCOC1(CNC)CCC(CCC)CC1. The Balaban J connectivity index is 2.39. The molecule has 0 aromatic carbocycles. The minimum atomic E-state index is 0.147. The van der Waals surface area contributed by atoms with E-state index in [4.69, 9.17) is 4.74 Å². The standard InChI is InChI=1S/C15H31NO/c1-4-6-12-17-15(13-16-3)10-8-14(7-5-2)9-11-15/h14,16H,4-13H2,1-3H3. The molecule has 0 spiro atoms. The van der Waals surface area contributed by atoms with Gasteiger partial charge in [0.05, 0.1) is 5.60 Å². The molecule has 1 aliphatic carbocycles. The fourth-order valence-corrected chi connectivity index (χ4v) is 3.03. The van der Waals surface area contributed by atoms with Crippen LogP contribution in [0.3, 0.4) is 0 Å². The Bertz CT molecular complexity index is 185. The average molecular weight is 241 g/mol. The summed E-state index contributed by atoms with van der Waals surface area (Å²) >= 11 is 0. The zero-order valence-electron chi connectivity index (χ0n) is 12.1. The molecule has 0 saturated heterocycles. The van der Waals surface area contributed by atoms with E-state index >= 15 is 0 Å². The summed E-state index contributed by atoms with van der Waals surface area (Å²) in [7, 11) is 2.04. The molecule has 0 unspecified atom stereocenters. The minimum Gasteiger partial charge on any atom is -0.374 e. The van der Waals surface area contributed by atoms with Gasteiger partial charge in [0, 0.05) is 13.2 Å². The van der Waals surface area contributed by atoms with Crippen molar-refractivity contribution in [3.8, 4) is 0 Å². The Morgan fingerprint density at radius 1 is 1.18 bits per heavy atom. The summed E-state index contributed by atoms with van der Waals surface area (Å²) in [5.41, 5.74) is 0.147. The second kappa shape index (κ2) is 8.10. The Labute approximate surface area is 108 Å². The lowest BCUT2D eigenvalue weighted by atomic mass is 9.77. The Kier molecular flexibility index (Phi) is 7.14. The lowest BCUT2D eigenvalue weighted by molar-refractivity contribution is -0.0767. The molecule has 1 saturated carbocycles. The van der Waals surface area contributed by atoms with Crippen molar-refractivity contribution < 1.29 is 4.74 Å². The number of rotatable bonds is 8. The first-order valence-electron chi connectivity index (χ1n) is 7.55. The first kappa shape index (κ1) is 15.0. The topological polar surface area (TPSA) is 21.3 Å². The third-order valence-electron chi connectivity index (χ3n) is 4.12. The van der Waals surface area contributed by atoms with E-state index in [1.165, 1.54) is 51.4 Å². The van der Waals surface area contributed by atoms with E-state index in [0.717, 1.165) is 19.1 Å². The van der Waals surface area contributed by atoms with Gasteiger partial charge in [-0.2, -0.15) is 0 Å². The normalized spacial score (nSPS) is 29.5. The highest BCUT2D eigenvalue weighted by Crippen LogP contribution is 2.36. The smallest absolute Gasteiger partial charge is 0.0806 e.